The Kier molecular flexibility index (Phi) is 5.02. The van der Waals surface area contributed by atoms with Crippen molar-refractivity contribution in [1.82, 2.24) is 24.6 Å². The van der Waals surface area contributed by atoms with Crippen molar-refractivity contribution >= 4 is 17.8 Å². The molecule has 0 spiro atoms. The molecule has 0 unspecified atom stereocenters. The van der Waals surface area contributed by atoms with Gasteiger partial charge in [0.05, 0.1) is 0 Å². The van der Waals surface area contributed by atoms with Gasteiger partial charge in [0.1, 0.15) is 6.33 Å². The number of amides is 2. The Balaban J connectivity index is 1.82. The van der Waals surface area contributed by atoms with Gasteiger partial charge in [-0.3, -0.25) is 14.9 Å². The Morgan fingerprint density at radius 1 is 1.12 bits per heavy atom. The number of anilines is 1. The van der Waals surface area contributed by atoms with Crippen LogP contribution in [-0.4, -0.2) is 50.1 Å². The van der Waals surface area contributed by atoms with E-state index < -0.39 is 0 Å². The van der Waals surface area contributed by atoms with Crippen molar-refractivity contribution in [1.29, 1.82) is 0 Å². The van der Waals surface area contributed by atoms with Gasteiger partial charge < -0.3 is 4.90 Å². The number of nitrogens with zero attached hydrogens (tertiary/aromatic N) is 5. The van der Waals surface area contributed by atoms with E-state index >= 15 is 0 Å². The summed E-state index contributed by atoms with van der Waals surface area (Å²) in [6.07, 6.45) is 2.96. The molecule has 3 aromatic rings. The Morgan fingerprint density at radius 2 is 1.92 bits per heavy atom. The lowest BCUT2D eigenvalue weighted by atomic mass is 10.1. The third-order valence-electron chi connectivity index (χ3n) is 3.83. The van der Waals surface area contributed by atoms with Crippen LogP contribution < -0.4 is 5.32 Å². The summed E-state index contributed by atoms with van der Waals surface area (Å²) in [5.74, 6) is 0.257. The minimum absolute atomic E-state index is 0.140. The zero-order chi connectivity index (χ0) is 18.5. The predicted octanol–water partition coefficient (Wildman–Crippen LogP) is 2.01. The van der Waals surface area contributed by atoms with Crippen molar-refractivity contribution in [2.24, 2.45) is 0 Å². The first-order valence-corrected chi connectivity index (χ1v) is 8.08. The van der Waals surface area contributed by atoms with E-state index in [1.54, 1.807) is 54.5 Å². The molecule has 2 heterocycles. The number of carbonyl (C=O) groups is 2. The van der Waals surface area contributed by atoms with Crippen molar-refractivity contribution in [2.75, 3.05) is 18.9 Å². The molecule has 0 aliphatic carbocycles. The normalized spacial score (nSPS) is 10.4. The van der Waals surface area contributed by atoms with Gasteiger partial charge in [0, 0.05) is 30.9 Å². The van der Waals surface area contributed by atoms with E-state index in [1.807, 2.05) is 13.0 Å². The summed E-state index contributed by atoms with van der Waals surface area (Å²) < 4.78 is 1.43. The largest absolute Gasteiger partial charge is 0.342 e. The fourth-order valence-corrected chi connectivity index (χ4v) is 2.30. The fourth-order valence-electron chi connectivity index (χ4n) is 2.30. The van der Waals surface area contributed by atoms with Crippen LogP contribution in [0.15, 0.2) is 55.0 Å². The lowest BCUT2D eigenvalue weighted by Gasteiger charge is -2.14. The van der Waals surface area contributed by atoms with Crippen molar-refractivity contribution < 1.29 is 9.59 Å². The van der Waals surface area contributed by atoms with E-state index in [4.69, 9.17) is 0 Å². The molecule has 26 heavy (non-hydrogen) atoms. The maximum absolute atomic E-state index is 12.6. The van der Waals surface area contributed by atoms with E-state index in [1.165, 1.54) is 11.0 Å². The molecule has 0 aliphatic rings. The first-order chi connectivity index (χ1) is 12.6. The van der Waals surface area contributed by atoms with Crippen LogP contribution in [-0.2, 0) is 0 Å². The fraction of sp³-hybridized carbons (Fsp3) is 0.167. The Hall–Kier alpha value is -3.55. The molecule has 3 rings (SSSR count). The number of rotatable bonds is 5. The van der Waals surface area contributed by atoms with E-state index in [2.05, 4.69) is 20.4 Å². The summed E-state index contributed by atoms with van der Waals surface area (Å²) in [6.45, 7) is 2.47. The van der Waals surface area contributed by atoms with E-state index in [-0.39, 0.29) is 17.8 Å². The maximum atomic E-state index is 12.6. The van der Waals surface area contributed by atoms with Crippen LogP contribution in [0.1, 0.15) is 27.6 Å². The van der Waals surface area contributed by atoms with Gasteiger partial charge in [-0.05, 0) is 37.3 Å². The Morgan fingerprint density at radius 3 is 2.65 bits per heavy atom. The number of hydrogen-bond donors (Lipinski definition) is 1. The first kappa shape index (κ1) is 17.3. The van der Waals surface area contributed by atoms with Gasteiger partial charge in [-0.25, -0.2) is 4.98 Å². The molecule has 0 fully saturated rings. The highest BCUT2D eigenvalue weighted by Gasteiger charge is 2.15. The van der Waals surface area contributed by atoms with Gasteiger partial charge in [-0.1, -0.05) is 12.1 Å². The average molecular weight is 350 g/mol. The highest BCUT2D eigenvalue weighted by molar-refractivity contribution is 6.05. The molecule has 0 saturated heterocycles. The average Bonchev–Trinajstić information content (AvgIpc) is 3.15. The van der Waals surface area contributed by atoms with Crippen molar-refractivity contribution in [3.8, 4) is 5.82 Å². The predicted molar refractivity (Wildman–Crippen MR) is 96.2 cm³/mol. The summed E-state index contributed by atoms with van der Waals surface area (Å²) in [6, 6.07) is 11.9. The molecule has 1 N–H and O–H groups in total. The number of hydrogen-bond acceptors (Lipinski definition) is 5. The Labute approximate surface area is 150 Å². The lowest BCUT2D eigenvalue weighted by molar-refractivity contribution is 0.0802. The second-order valence-corrected chi connectivity index (χ2v) is 5.54. The molecule has 132 valence electrons. The zero-order valence-corrected chi connectivity index (χ0v) is 14.5. The lowest BCUT2D eigenvalue weighted by Crippen LogP contribution is -2.26. The standard InChI is InChI=1S/C18H18N6O2/c1-3-23(2)17(26)14-8-6-7-13(11-14)16(25)22-18-20-12-21-24(18)15-9-4-5-10-19-15/h4-12H,3H2,1-2H3,(H,20,21,22,25). The Bertz CT molecular complexity index is 922. The third kappa shape index (κ3) is 3.59. The second-order valence-electron chi connectivity index (χ2n) is 5.54. The molecule has 8 heteroatoms. The van der Waals surface area contributed by atoms with Crippen molar-refractivity contribution in [3.63, 3.8) is 0 Å². The number of benzene rings is 1. The molecule has 8 nitrogen and oxygen atoms in total. The second kappa shape index (κ2) is 7.56. The molecule has 1 aromatic carbocycles. The van der Waals surface area contributed by atoms with Gasteiger partial charge >= 0.3 is 0 Å². The van der Waals surface area contributed by atoms with E-state index in [9.17, 15) is 9.59 Å². The zero-order valence-electron chi connectivity index (χ0n) is 14.5. The molecular formula is C18H18N6O2. The van der Waals surface area contributed by atoms with Gasteiger partial charge in [-0.2, -0.15) is 14.8 Å². The molecule has 0 radical (unpaired) electrons. The van der Waals surface area contributed by atoms with Crippen LogP contribution in [0.3, 0.4) is 0 Å². The smallest absolute Gasteiger partial charge is 0.258 e. The van der Waals surface area contributed by atoms with Crippen LogP contribution in [0.5, 0.6) is 0 Å². The number of carbonyl (C=O) groups excluding carboxylic acids is 2. The molecule has 2 aromatic heterocycles. The summed E-state index contributed by atoms with van der Waals surface area (Å²) in [7, 11) is 1.71. The van der Waals surface area contributed by atoms with Crippen LogP contribution >= 0.6 is 0 Å². The SMILES string of the molecule is CCN(C)C(=O)c1cccc(C(=O)Nc2ncnn2-c2ccccn2)c1. The summed E-state index contributed by atoms with van der Waals surface area (Å²) >= 11 is 0. The van der Waals surface area contributed by atoms with Gasteiger partial charge in [0.15, 0.2) is 5.82 Å². The molecule has 2 amide bonds. The van der Waals surface area contributed by atoms with Crippen LogP contribution in [0, 0.1) is 0 Å². The number of aromatic nitrogens is 4. The summed E-state index contributed by atoms with van der Waals surface area (Å²) in [5, 5.41) is 6.78. The topological polar surface area (TPSA) is 93.0 Å². The molecule has 0 saturated carbocycles. The number of nitrogens with one attached hydrogen (secondary N) is 1. The quantitative estimate of drug-likeness (QED) is 0.760. The van der Waals surface area contributed by atoms with Gasteiger partial charge in [-0.15, -0.1) is 0 Å². The van der Waals surface area contributed by atoms with Gasteiger partial charge in [0.2, 0.25) is 5.95 Å². The summed E-state index contributed by atoms with van der Waals surface area (Å²) in [4.78, 5) is 34.7. The van der Waals surface area contributed by atoms with E-state index in [0.29, 0.717) is 23.5 Å². The van der Waals surface area contributed by atoms with Crippen LogP contribution in [0.2, 0.25) is 0 Å². The molecular weight excluding hydrogens is 332 g/mol. The maximum Gasteiger partial charge on any atom is 0.258 e. The minimum atomic E-state index is -0.385. The highest BCUT2D eigenvalue weighted by atomic mass is 16.2. The first-order valence-electron chi connectivity index (χ1n) is 8.08. The molecule has 0 atom stereocenters. The molecule has 0 aliphatic heterocycles. The van der Waals surface area contributed by atoms with Crippen LogP contribution in [0.25, 0.3) is 5.82 Å². The van der Waals surface area contributed by atoms with Crippen LogP contribution in [0.4, 0.5) is 5.95 Å². The van der Waals surface area contributed by atoms with E-state index in [0.717, 1.165) is 0 Å². The third-order valence-corrected chi connectivity index (χ3v) is 3.83. The van der Waals surface area contributed by atoms with Crippen molar-refractivity contribution in [3.05, 3.63) is 66.1 Å². The molecule has 0 bridgehead atoms. The van der Waals surface area contributed by atoms with Gasteiger partial charge in [0.25, 0.3) is 11.8 Å². The summed E-state index contributed by atoms with van der Waals surface area (Å²) in [5.41, 5.74) is 0.809. The highest BCUT2D eigenvalue weighted by Crippen LogP contribution is 2.13. The monoisotopic (exact) mass is 350 g/mol. The number of pyridine rings is 1. The van der Waals surface area contributed by atoms with Crippen molar-refractivity contribution in [2.45, 2.75) is 6.92 Å². The minimum Gasteiger partial charge on any atom is -0.342 e.